The molecule has 2 aliphatic rings. The van der Waals surface area contributed by atoms with Crippen LogP contribution in [0.25, 0.3) is 12.2 Å². The predicted octanol–water partition coefficient (Wildman–Crippen LogP) is 3.12. The van der Waals surface area contributed by atoms with E-state index in [-0.39, 0.29) is 28.7 Å². The smallest absolute Gasteiger partial charge is 0.229 e. The SMILES string of the molecule is OC[C@H]1O[C@@H](Oc2cc(C=Cc3ccc(O)cc3)c3c(c2)O[C@@H](c2ccc(O)cc2)[C@@H]3c2cc(O)cc(O)c2)[C@H](O)[C@@H](O)[C@@H]1O. The zero-order chi connectivity index (χ0) is 31.8. The standard InChI is InChI=1S/C34H32O11/c35-16-27-30(40)31(41)32(42)34(45-27)43-25-13-19(4-1-17-2-7-21(36)8-3-17)28-26(15-25)44-33(18-5-9-22(37)10-6-18)29(28)20-11-23(38)14-24(39)12-20/h1-15,27,29-42H,16H2/t27-,29-,30-,31+,32-,33+,34-/m1/s1. The average molecular weight is 617 g/mol. The summed E-state index contributed by atoms with van der Waals surface area (Å²) in [6.45, 7) is -0.620. The van der Waals surface area contributed by atoms with Crippen LogP contribution in [0.1, 0.15) is 39.8 Å². The summed E-state index contributed by atoms with van der Waals surface area (Å²) in [5, 5.41) is 81.1. The molecular weight excluding hydrogens is 584 g/mol. The van der Waals surface area contributed by atoms with Gasteiger partial charge in [0.25, 0.3) is 0 Å². The number of hydrogen-bond acceptors (Lipinski definition) is 11. The van der Waals surface area contributed by atoms with Gasteiger partial charge < -0.3 is 55.1 Å². The monoisotopic (exact) mass is 616 g/mol. The van der Waals surface area contributed by atoms with Crippen LogP contribution in [-0.2, 0) is 4.74 Å². The van der Waals surface area contributed by atoms with E-state index < -0.39 is 49.3 Å². The molecule has 0 aromatic heterocycles. The zero-order valence-electron chi connectivity index (χ0n) is 23.7. The van der Waals surface area contributed by atoms with E-state index in [9.17, 15) is 40.9 Å². The third kappa shape index (κ3) is 6.12. The predicted molar refractivity (Wildman–Crippen MR) is 161 cm³/mol. The highest BCUT2D eigenvalue weighted by Crippen LogP contribution is 2.53. The summed E-state index contributed by atoms with van der Waals surface area (Å²) in [5.41, 5.74) is 3.28. The Hall–Kier alpha value is -4.78. The number of aliphatic hydroxyl groups excluding tert-OH is 4. The number of phenols is 4. The van der Waals surface area contributed by atoms with Crippen LogP contribution in [0, 0.1) is 0 Å². The second-order valence-corrected chi connectivity index (χ2v) is 11.1. The van der Waals surface area contributed by atoms with Gasteiger partial charge >= 0.3 is 0 Å². The van der Waals surface area contributed by atoms with Crippen molar-refractivity contribution in [2.75, 3.05) is 6.61 Å². The molecule has 2 aliphatic heterocycles. The van der Waals surface area contributed by atoms with Crippen LogP contribution in [0.2, 0.25) is 0 Å². The molecule has 0 aliphatic carbocycles. The summed E-state index contributed by atoms with van der Waals surface area (Å²) >= 11 is 0. The van der Waals surface area contributed by atoms with E-state index in [4.69, 9.17) is 14.2 Å². The number of fused-ring (bicyclic) bond motifs is 1. The summed E-state index contributed by atoms with van der Waals surface area (Å²) in [6, 6.07) is 20.5. The lowest BCUT2D eigenvalue weighted by Crippen LogP contribution is -2.60. The van der Waals surface area contributed by atoms with E-state index in [0.29, 0.717) is 28.0 Å². The summed E-state index contributed by atoms with van der Waals surface area (Å²) in [5.74, 6) is -0.146. The first kappa shape index (κ1) is 30.3. The van der Waals surface area contributed by atoms with Gasteiger partial charge in [0.2, 0.25) is 6.29 Å². The van der Waals surface area contributed by atoms with Crippen molar-refractivity contribution in [3.63, 3.8) is 0 Å². The molecule has 11 nitrogen and oxygen atoms in total. The van der Waals surface area contributed by atoms with Gasteiger partial charge in [-0.25, -0.2) is 0 Å². The van der Waals surface area contributed by atoms with Crippen molar-refractivity contribution in [2.45, 2.75) is 42.7 Å². The minimum Gasteiger partial charge on any atom is -0.508 e. The highest BCUT2D eigenvalue weighted by Gasteiger charge is 2.45. The molecule has 7 atom stereocenters. The van der Waals surface area contributed by atoms with Crippen molar-refractivity contribution in [2.24, 2.45) is 0 Å². The van der Waals surface area contributed by atoms with Gasteiger partial charge in [-0.15, -0.1) is 0 Å². The highest BCUT2D eigenvalue weighted by molar-refractivity contribution is 5.75. The Kier molecular flexibility index (Phi) is 8.28. The lowest BCUT2D eigenvalue weighted by Gasteiger charge is -2.39. The molecule has 4 aromatic rings. The Balaban J connectivity index is 1.48. The lowest BCUT2D eigenvalue weighted by molar-refractivity contribution is -0.277. The van der Waals surface area contributed by atoms with E-state index in [1.165, 1.54) is 30.3 Å². The highest BCUT2D eigenvalue weighted by atomic mass is 16.7. The summed E-state index contributed by atoms with van der Waals surface area (Å²) in [4.78, 5) is 0. The maximum absolute atomic E-state index is 10.6. The van der Waals surface area contributed by atoms with Crippen molar-refractivity contribution in [3.05, 3.63) is 107 Å². The van der Waals surface area contributed by atoms with Crippen LogP contribution < -0.4 is 9.47 Å². The minimum absolute atomic E-state index is 0.0635. The van der Waals surface area contributed by atoms with Crippen molar-refractivity contribution in [1.29, 1.82) is 0 Å². The van der Waals surface area contributed by atoms with Crippen LogP contribution in [0.4, 0.5) is 0 Å². The van der Waals surface area contributed by atoms with Gasteiger partial charge in [0.1, 0.15) is 65.0 Å². The number of hydrogen-bond donors (Lipinski definition) is 8. The maximum atomic E-state index is 10.6. The largest absolute Gasteiger partial charge is 0.508 e. The van der Waals surface area contributed by atoms with E-state index in [1.54, 1.807) is 60.7 Å². The average Bonchev–Trinajstić information content (AvgIpc) is 3.40. The van der Waals surface area contributed by atoms with E-state index in [2.05, 4.69) is 0 Å². The van der Waals surface area contributed by atoms with E-state index in [1.807, 2.05) is 0 Å². The minimum atomic E-state index is -1.64. The number of rotatable bonds is 7. The van der Waals surface area contributed by atoms with Crippen molar-refractivity contribution >= 4 is 12.2 Å². The molecule has 0 radical (unpaired) electrons. The molecule has 8 N–H and O–H groups in total. The molecule has 45 heavy (non-hydrogen) atoms. The normalized spacial score (nSPS) is 26.0. The summed E-state index contributed by atoms with van der Waals surface area (Å²) < 4.78 is 18.0. The number of ether oxygens (including phenoxy) is 3. The lowest BCUT2D eigenvalue weighted by atomic mass is 9.82. The number of aromatic hydroxyl groups is 4. The molecule has 0 bridgehead atoms. The van der Waals surface area contributed by atoms with Gasteiger partial charge in [-0.3, -0.25) is 0 Å². The molecule has 6 rings (SSSR count). The van der Waals surface area contributed by atoms with Crippen LogP contribution in [0.5, 0.6) is 34.5 Å². The fourth-order valence-corrected chi connectivity index (χ4v) is 5.75. The maximum Gasteiger partial charge on any atom is 0.229 e. The fourth-order valence-electron chi connectivity index (χ4n) is 5.75. The number of benzene rings is 4. The molecule has 234 valence electrons. The third-order valence-corrected chi connectivity index (χ3v) is 7.97. The molecule has 11 heteroatoms. The molecule has 1 fully saturated rings. The van der Waals surface area contributed by atoms with Gasteiger partial charge in [-0.05, 0) is 64.7 Å². The molecular formula is C34H32O11. The first-order chi connectivity index (χ1) is 21.6. The Morgan fingerprint density at radius 1 is 0.667 bits per heavy atom. The summed E-state index contributed by atoms with van der Waals surface area (Å²) in [6.07, 6.45) is -4.52. The third-order valence-electron chi connectivity index (χ3n) is 7.97. The second-order valence-electron chi connectivity index (χ2n) is 11.1. The molecule has 4 aromatic carbocycles. The fraction of sp³-hybridized carbons (Fsp3) is 0.235. The van der Waals surface area contributed by atoms with Crippen LogP contribution in [0.3, 0.4) is 0 Å². The number of phenolic OH excluding ortho intramolecular Hbond substituents is 4. The zero-order valence-corrected chi connectivity index (χ0v) is 23.7. The Labute approximate surface area is 257 Å². The quantitative estimate of drug-likeness (QED) is 0.142. The Bertz CT molecular complexity index is 1660. The molecule has 0 unspecified atom stereocenters. The first-order valence-electron chi connectivity index (χ1n) is 14.2. The number of aliphatic hydroxyl groups is 4. The van der Waals surface area contributed by atoms with Crippen molar-refractivity contribution in [1.82, 2.24) is 0 Å². The van der Waals surface area contributed by atoms with Gasteiger partial charge in [0, 0.05) is 17.7 Å². The van der Waals surface area contributed by atoms with Gasteiger partial charge in [-0.1, -0.05) is 36.4 Å². The topological polar surface area (TPSA) is 190 Å². The Morgan fingerprint density at radius 2 is 1.31 bits per heavy atom. The molecule has 2 heterocycles. The second kappa shape index (κ2) is 12.3. The summed E-state index contributed by atoms with van der Waals surface area (Å²) in [7, 11) is 0. The van der Waals surface area contributed by atoms with Gasteiger partial charge in [0.15, 0.2) is 0 Å². The van der Waals surface area contributed by atoms with Crippen molar-refractivity contribution in [3.8, 4) is 34.5 Å². The van der Waals surface area contributed by atoms with E-state index >= 15 is 0 Å². The van der Waals surface area contributed by atoms with Crippen molar-refractivity contribution < 1.29 is 55.1 Å². The molecule has 0 saturated carbocycles. The van der Waals surface area contributed by atoms with Gasteiger partial charge in [0.05, 0.1) is 12.5 Å². The molecule has 0 spiro atoms. The molecule has 0 amide bonds. The first-order valence-corrected chi connectivity index (χ1v) is 14.2. The van der Waals surface area contributed by atoms with E-state index in [0.717, 1.165) is 5.56 Å². The van der Waals surface area contributed by atoms with Crippen LogP contribution in [-0.4, -0.2) is 78.2 Å². The van der Waals surface area contributed by atoms with Crippen LogP contribution >= 0.6 is 0 Å². The van der Waals surface area contributed by atoms with Crippen LogP contribution in [0.15, 0.2) is 78.9 Å². The van der Waals surface area contributed by atoms with Gasteiger partial charge in [-0.2, -0.15) is 0 Å². The molecule has 1 saturated heterocycles. The Morgan fingerprint density at radius 3 is 1.96 bits per heavy atom.